The van der Waals surface area contributed by atoms with E-state index in [4.69, 9.17) is 16.6 Å². The third-order valence-corrected chi connectivity index (χ3v) is 6.33. The van der Waals surface area contributed by atoms with Crippen molar-refractivity contribution in [3.05, 3.63) is 75.9 Å². The Kier molecular flexibility index (Phi) is 6.35. The first kappa shape index (κ1) is 20.8. The fourth-order valence-electron chi connectivity index (χ4n) is 4.32. The van der Waals surface area contributed by atoms with E-state index in [0.717, 1.165) is 66.3 Å². The highest BCUT2D eigenvalue weighted by Crippen LogP contribution is 2.23. The lowest BCUT2D eigenvalue weighted by molar-refractivity contribution is -0.130. The van der Waals surface area contributed by atoms with Crippen LogP contribution < -0.4 is 0 Å². The van der Waals surface area contributed by atoms with Gasteiger partial charge in [0.1, 0.15) is 0 Å². The smallest absolute Gasteiger partial charge is 0.227 e. The van der Waals surface area contributed by atoms with E-state index in [9.17, 15) is 4.79 Å². The Labute approximate surface area is 183 Å². The molecule has 2 heterocycles. The lowest BCUT2D eigenvalue weighted by atomic mass is 9.99. The maximum absolute atomic E-state index is 13.1. The van der Waals surface area contributed by atoms with Crippen molar-refractivity contribution >= 4 is 28.4 Å². The topological polar surface area (TPSA) is 36.4 Å². The van der Waals surface area contributed by atoms with E-state index in [0.29, 0.717) is 6.42 Å². The van der Waals surface area contributed by atoms with E-state index in [2.05, 4.69) is 30.0 Å². The molecule has 5 heteroatoms. The van der Waals surface area contributed by atoms with Crippen molar-refractivity contribution in [3.8, 4) is 0 Å². The molecule has 1 amide bonds. The number of benzene rings is 2. The van der Waals surface area contributed by atoms with Crippen LogP contribution >= 0.6 is 11.6 Å². The number of fused-ring (bicyclic) bond motifs is 1. The van der Waals surface area contributed by atoms with Gasteiger partial charge in [0.15, 0.2) is 0 Å². The number of aromatic nitrogens is 1. The summed E-state index contributed by atoms with van der Waals surface area (Å²) in [5.74, 6) is 0.201. The Morgan fingerprint density at radius 3 is 2.57 bits per heavy atom. The van der Waals surface area contributed by atoms with Gasteiger partial charge in [-0.15, -0.1) is 0 Å². The summed E-state index contributed by atoms with van der Waals surface area (Å²) in [6, 6.07) is 16.2. The zero-order valence-corrected chi connectivity index (χ0v) is 18.5. The van der Waals surface area contributed by atoms with Crippen molar-refractivity contribution in [1.82, 2.24) is 14.8 Å². The average molecular weight is 422 g/mol. The number of amides is 1. The molecule has 0 atom stereocenters. The zero-order chi connectivity index (χ0) is 21.1. The zero-order valence-electron chi connectivity index (χ0n) is 17.7. The van der Waals surface area contributed by atoms with E-state index >= 15 is 0 Å². The third kappa shape index (κ3) is 4.66. The van der Waals surface area contributed by atoms with E-state index < -0.39 is 0 Å². The summed E-state index contributed by atoms with van der Waals surface area (Å²) in [6.45, 7) is 8.49. The first-order chi connectivity index (χ1) is 14.5. The molecule has 0 unspecified atom stereocenters. The SMILES string of the molecule is Cc1nc2ccccc2c(C)c1CC(=O)N1CCCN(Cc2ccc(Cl)cc2)CC1. The Morgan fingerprint density at radius 1 is 1.00 bits per heavy atom. The molecular weight excluding hydrogens is 394 g/mol. The fourth-order valence-corrected chi connectivity index (χ4v) is 4.45. The average Bonchev–Trinajstić information content (AvgIpc) is 2.98. The van der Waals surface area contributed by atoms with Crippen LogP contribution in [-0.2, 0) is 17.8 Å². The van der Waals surface area contributed by atoms with Crippen LogP contribution in [0.25, 0.3) is 10.9 Å². The summed E-state index contributed by atoms with van der Waals surface area (Å²) < 4.78 is 0. The van der Waals surface area contributed by atoms with E-state index in [-0.39, 0.29) is 5.91 Å². The van der Waals surface area contributed by atoms with Gasteiger partial charge in [-0.25, -0.2) is 0 Å². The molecule has 1 aliphatic heterocycles. The van der Waals surface area contributed by atoms with Crippen LogP contribution in [0.3, 0.4) is 0 Å². The van der Waals surface area contributed by atoms with Gasteiger partial charge in [-0.2, -0.15) is 0 Å². The van der Waals surface area contributed by atoms with Crippen molar-refractivity contribution in [1.29, 1.82) is 0 Å². The maximum atomic E-state index is 13.1. The second-order valence-corrected chi connectivity index (χ2v) is 8.57. The quantitative estimate of drug-likeness (QED) is 0.608. The molecule has 0 saturated carbocycles. The molecule has 4 rings (SSSR count). The molecule has 30 heavy (non-hydrogen) atoms. The van der Waals surface area contributed by atoms with Gasteiger partial charge in [-0.3, -0.25) is 14.7 Å². The van der Waals surface area contributed by atoms with E-state index in [1.807, 2.05) is 42.2 Å². The number of para-hydroxylation sites is 1. The number of pyridine rings is 1. The maximum Gasteiger partial charge on any atom is 0.227 e. The second kappa shape index (κ2) is 9.15. The predicted octanol–water partition coefficient (Wildman–Crippen LogP) is 4.78. The van der Waals surface area contributed by atoms with Crippen LogP contribution in [0.5, 0.6) is 0 Å². The van der Waals surface area contributed by atoms with Gasteiger partial charge in [0.25, 0.3) is 0 Å². The molecule has 2 aromatic carbocycles. The lowest BCUT2D eigenvalue weighted by Gasteiger charge is -2.23. The van der Waals surface area contributed by atoms with Gasteiger partial charge >= 0.3 is 0 Å². The van der Waals surface area contributed by atoms with Gasteiger partial charge < -0.3 is 4.90 Å². The highest BCUT2D eigenvalue weighted by atomic mass is 35.5. The van der Waals surface area contributed by atoms with Crippen LogP contribution in [0.4, 0.5) is 0 Å². The molecule has 0 N–H and O–H groups in total. The van der Waals surface area contributed by atoms with Gasteiger partial charge in [0.2, 0.25) is 5.91 Å². The molecule has 0 spiro atoms. The minimum absolute atomic E-state index is 0.201. The van der Waals surface area contributed by atoms with Gasteiger partial charge in [-0.05, 0) is 55.2 Å². The molecule has 1 saturated heterocycles. The highest BCUT2D eigenvalue weighted by molar-refractivity contribution is 6.30. The predicted molar refractivity (Wildman–Crippen MR) is 123 cm³/mol. The van der Waals surface area contributed by atoms with Crippen molar-refractivity contribution in [3.63, 3.8) is 0 Å². The number of halogens is 1. The van der Waals surface area contributed by atoms with Crippen molar-refractivity contribution in [2.45, 2.75) is 33.2 Å². The number of hydrogen-bond acceptors (Lipinski definition) is 3. The Morgan fingerprint density at radius 2 is 1.77 bits per heavy atom. The summed E-state index contributed by atoms with van der Waals surface area (Å²) in [4.78, 5) is 22.3. The second-order valence-electron chi connectivity index (χ2n) is 8.13. The number of nitrogens with zero attached hydrogens (tertiary/aromatic N) is 3. The Hall–Kier alpha value is -2.43. The molecule has 156 valence electrons. The first-order valence-corrected chi connectivity index (χ1v) is 11.0. The largest absolute Gasteiger partial charge is 0.341 e. The van der Waals surface area contributed by atoms with Gasteiger partial charge in [0, 0.05) is 48.8 Å². The van der Waals surface area contributed by atoms with Gasteiger partial charge in [-0.1, -0.05) is 41.9 Å². The summed E-state index contributed by atoms with van der Waals surface area (Å²) in [6.07, 6.45) is 1.42. The standard InChI is InChI=1S/C25H28ClN3O/c1-18-22-6-3-4-7-24(22)27-19(2)23(18)16-25(30)29-13-5-12-28(14-15-29)17-20-8-10-21(26)11-9-20/h3-4,6-11H,5,12-17H2,1-2H3. The first-order valence-electron chi connectivity index (χ1n) is 10.6. The van der Waals surface area contributed by atoms with Crippen LogP contribution in [0, 0.1) is 13.8 Å². The van der Waals surface area contributed by atoms with Crippen molar-refractivity contribution in [2.24, 2.45) is 0 Å². The summed E-state index contributed by atoms with van der Waals surface area (Å²) in [5.41, 5.74) is 5.45. The molecule has 0 radical (unpaired) electrons. The molecular formula is C25H28ClN3O. The highest BCUT2D eigenvalue weighted by Gasteiger charge is 2.21. The molecule has 0 bridgehead atoms. The van der Waals surface area contributed by atoms with Crippen LogP contribution in [0.2, 0.25) is 5.02 Å². The normalized spacial score (nSPS) is 15.4. The minimum Gasteiger partial charge on any atom is -0.341 e. The van der Waals surface area contributed by atoms with Crippen LogP contribution in [-0.4, -0.2) is 46.9 Å². The van der Waals surface area contributed by atoms with Crippen LogP contribution in [0.1, 0.15) is 28.8 Å². The number of aryl methyl sites for hydroxylation is 2. The third-order valence-electron chi connectivity index (χ3n) is 6.07. The number of rotatable bonds is 4. The monoisotopic (exact) mass is 421 g/mol. The Balaban J connectivity index is 1.42. The van der Waals surface area contributed by atoms with Crippen molar-refractivity contribution in [2.75, 3.05) is 26.2 Å². The van der Waals surface area contributed by atoms with Crippen LogP contribution in [0.15, 0.2) is 48.5 Å². The summed E-state index contributed by atoms with van der Waals surface area (Å²) in [5, 5.41) is 1.90. The molecule has 1 fully saturated rings. The Bertz CT molecular complexity index is 1050. The van der Waals surface area contributed by atoms with Gasteiger partial charge in [0.05, 0.1) is 11.9 Å². The summed E-state index contributed by atoms with van der Waals surface area (Å²) in [7, 11) is 0. The molecule has 4 nitrogen and oxygen atoms in total. The fraction of sp³-hybridized carbons (Fsp3) is 0.360. The van der Waals surface area contributed by atoms with E-state index in [1.54, 1.807) is 0 Å². The minimum atomic E-state index is 0.201. The molecule has 1 aromatic heterocycles. The number of hydrogen-bond donors (Lipinski definition) is 0. The molecule has 1 aliphatic rings. The van der Waals surface area contributed by atoms with E-state index in [1.165, 1.54) is 11.1 Å². The lowest BCUT2D eigenvalue weighted by Crippen LogP contribution is -2.36. The number of carbonyl (C=O) groups is 1. The van der Waals surface area contributed by atoms with Crippen molar-refractivity contribution < 1.29 is 4.79 Å². The summed E-state index contributed by atoms with van der Waals surface area (Å²) >= 11 is 5.99. The number of carbonyl (C=O) groups excluding carboxylic acids is 1. The molecule has 0 aliphatic carbocycles. The molecule has 3 aromatic rings.